The van der Waals surface area contributed by atoms with Gasteiger partial charge in [-0.2, -0.15) is 4.31 Å². The van der Waals surface area contributed by atoms with Gasteiger partial charge in [-0.1, -0.05) is 31.5 Å². The van der Waals surface area contributed by atoms with E-state index in [1.54, 1.807) is 16.4 Å². The van der Waals surface area contributed by atoms with E-state index in [2.05, 4.69) is 13.8 Å². The summed E-state index contributed by atoms with van der Waals surface area (Å²) in [6.45, 7) is 8.85. The number of hydrogen-bond acceptors (Lipinski definition) is 4. The minimum absolute atomic E-state index is 0.163. The SMILES string of the molecule is Cc1ccc(S(=O)(=O)N2C[C@@]23CC[C@H](C(C)C)[C@H]2[C@@H](N)[C@](C)(O)CC[C@@H]23)cc1. The third kappa shape index (κ3) is 2.95. The molecule has 1 saturated heterocycles. The minimum Gasteiger partial charge on any atom is -0.389 e. The van der Waals surface area contributed by atoms with Gasteiger partial charge in [0.05, 0.1) is 16.0 Å². The lowest BCUT2D eigenvalue weighted by atomic mass is 9.54. The number of nitrogens with two attached hydrogens (primary N) is 1. The molecule has 1 aromatic carbocycles. The zero-order valence-corrected chi connectivity index (χ0v) is 18.2. The Kier molecular flexibility index (Phi) is 4.74. The number of benzene rings is 1. The highest BCUT2D eigenvalue weighted by atomic mass is 32.2. The molecule has 2 aliphatic carbocycles. The van der Waals surface area contributed by atoms with Gasteiger partial charge in [0.15, 0.2) is 0 Å². The van der Waals surface area contributed by atoms with E-state index in [1.807, 2.05) is 26.0 Å². The molecule has 6 heteroatoms. The minimum atomic E-state index is -3.50. The number of hydrogen-bond donors (Lipinski definition) is 2. The van der Waals surface area contributed by atoms with E-state index >= 15 is 0 Å². The summed E-state index contributed by atoms with van der Waals surface area (Å²) >= 11 is 0. The lowest BCUT2D eigenvalue weighted by molar-refractivity contribution is -0.0881. The van der Waals surface area contributed by atoms with Crippen molar-refractivity contribution in [2.75, 3.05) is 6.54 Å². The predicted molar refractivity (Wildman–Crippen MR) is 110 cm³/mol. The van der Waals surface area contributed by atoms with Crippen molar-refractivity contribution in [3.63, 3.8) is 0 Å². The number of sulfonamides is 1. The smallest absolute Gasteiger partial charge is 0.243 e. The van der Waals surface area contributed by atoms with E-state index in [9.17, 15) is 13.5 Å². The molecule has 1 unspecified atom stereocenters. The van der Waals surface area contributed by atoms with Crippen molar-refractivity contribution in [3.05, 3.63) is 29.8 Å². The summed E-state index contributed by atoms with van der Waals surface area (Å²) in [4.78, 5) is 0.379. The largest absolute Gasteiger partial charge is 0.389 e. The number of aliphatic hydroxyl groups is 1. The molecule has 0 aromatic heterocycles. The number of nitrogens with zero attached hydrogens (tertiary/aromatic N) is 1. The van der Waals surface area contributed by atoms with Crippen molar-refractivity contribution in [2.45, 2.75) is 75.5 Å². The molecule has 3 fully saturated rings. The molecule has 2 saturated carbocycles. The standard InChI is InChI=1S/C22H34N2O3S/c1-14(2)17-9-12-22(18-10-11-21(4,25)20(23)19(17)18)13-24(22)28(26,27)16-7-5-15(3)6-8-16/h5-8,14,17-20,25H,9-13,23H2,1-4H3/t17-,18+,19-,20-,21-,22-,24?/m1/s1. The van der Waals surface area contributed by atoms with E-state index in [-0.39, 0.29) is 23.4 Å². The first-order valence-electron chi connectivity index (χ1n) is 10.6. The lowest BCUT2D eigenvalue weighted by Crippen LogP contribution is -2.62. The van der Waals surface area contributed by atoms with Gasteiger partial charge < -0.3 is 10.8 Å². The van der Waals surface area contributed by atoms with Gasteiger partial charge in [-0.05, 0) is 75.3 Å². The summed E-state index contributed by atoms with van der Waals surface area (Å²) in [6, 6.07) is 6.83. The molecule has 7 atom stereocenters. The van der Waals surface area contributed by atoms with Crippen molar-refractivity contribution < 1.29 is 13.5 Å². The van der Waals surface area contributed by atoms with Gasteiger partial charge in [-0.15, -0.1) is 0 Å². The van der Waals surface area contributed by atoms with Crippen LogP contribution in [0.3, 0.4) is 0 Å². The second kappa shape index (κ2) is 6.53. The zero-order chi connectivity index (χ0) is 20.5. The Bertz CT molecular complexity index is 847. The van der Waals surface area contributed by atoms with E-state index in [0.717, 1.165) is 24.8 Å². The van der Waals surface area contributed by atoms with Crippen LogP contribution in [0.25, 0.3) is 0 Å². The fourth-order valence-electron chi connectivity index (χ4n) is 6.12. The highest BCUT2D eigenvalue weighted by molar-refractivity contribution is 7.89. The molecule has 1 aliphatic heterocycles. The first-order valence-corrected chi connectivity index (χ1v) is 12.0. The summed E-state index contributed by atoms with van der Waals surface area (Å²) in [5.74, 6) is 1.30. The third-order valence-corrected chi connectivity index (χ3v) is 9.87. The van der Waals surface area contributed by atoms with E-state index in [1.165, 1.54) is 0 Å². The third-order valence-electron chi connectivity index (χ3n) is 7.93. The fourth-order valence-corrected chi connectivity index (χ4v) is 7.95. The van der Waals surface area contributed by atoms with Crippen molar-refractivity contribution in [2.24, 2.45) is 29.4 Å². The predicted octanol–water partition coefficient (Wildman–Crippen LogP) is 2.91. The molecule has 0 radical (unpaired) electrons. The number of fused-ring (bicyclic) bond motifs is 2. The maximum atomic E-state index is 13.3. The molecule has 3 aliphatic rings. The monoisotopic (exact) mass is 406 g/mol. The summed E-state index contributed by atoms with van der Waals surface area (Å²) in [7, 11) is -3.50. The topological polar surface area (TPSA) is 83.4 Å². The van der Waals surface area contributed by atoms with E-state index in [4.69, 9.17) is 5.73 Å². The Morgan fingerprint density at radius 2 is 1.82 bits per heavy atom. The molecular weight excluding hydrogens is 372 g/mol. The Hall–Kier alpha value is -0.950. The van der Waals surface area contributed by atoms with Crippen LogP contribution in [-0.2, 0) is 10.0 Å². The molecular formula is C22H34N2O3S. The Balaban J connectivity index is 1.67. The van der Waals surface area contributed by atoms with Crippen molar-refractivity contribution >= 4 is 10.0 Å². The van der Waals surface area contributed by atoms with Crippen LogP contribution < -0.4 is 5.73 Å². The van der Waals surface area contributed by atoms with Gasteiger partial charge in [-0.25, -0.2) is 8.42 Å². The number of aryl methyl sites for hydroxylation is 1. The van der Waals surface area contributed by atoms with Gasteiger partial charge in [-0.3, -0.25) is 0 Å². The van der Waals surface area contributed by atoms with Gasteiger partial charge in [0.25, 0.3) is 0 Å². The summed E-state index contributed by atoms with van der Waals surface area (Å²) in [6.07, 6.45) is 3.36. The summed E-state index contributed by atoms with van der Waals surface area (Å²) in [5.41, 5.74) is 6.48. The highest BCUT2D eigenvalue weighted by Crippen LogP contribution is 2.60. The fraction of sp³-hybridized carbons (Fsp3) is 0.727. The Labute approximate surface area is 169 Å². The Morgan fingerprint density at radius 1 is 1.18 bits per heavy atom. The molecule has 1 heterocycles. The lowest BCUT2D eigenvalue weighted by Gasteiger charge is -2.54. The molecule has 156 valence electrons. The van der Waals surface area contributed by atoms with Crippen LogP contribution in [0.5, 0.6) is 0 Å². The second-order valence-electron chi connectivity index (χ2n) is 9.98. The van der Waals surface area contributed by atoms with Crippen LogP contribution in [0.1, 0.15) is 52.0 Å². The normalized spacial score (nSPS) is 43.2. The van der Waals surface area contributed by atoms with Crippen LogP contribution >= 0.6 is 0 Å². The maximum absolute atomic E-state index is 13.3. The van der Waals surface area contributed by atoms with Crippen molar-refractivity contribution in [1.29, 1.82) is 0 Å². The summed E-state index contributed by atoms with van der Waals surface area (Å²) < 4.78 is 28.4. The molecule has 0 bridgehead atoms. The average Bonchev–Trinajstić information content (AvgIpc) is 3.34. The second-order valence-corrected chi connectivity index (χ2v) is 11.8. The zero-order valence-electron chi connectivity index (χ0n) is 17.4. The van der Waals surface area contributed by atoms with Gasteiger partial charge in [0.2, 0.25) is 10.0 Å². The van der Waals surface area contributed by atoms with E-state index in [0.29, 0.717) is 29.7 Å². The molecule has 28 heavy (non-hydrogen) atoms. The van der Waals surface area contributed by atoms with Crippen LogP contribution in [0, 0.1) is 30.6 Å². The molecule has 3 N–H and O–H groups in total. The average molecular weight is 407 g/mol. The quantitative estimate of drug-likeness (QED) is 0.756. The molecule has 5 nitrogen and oxygen atoms in total. The van der Waals surface area contributed by atoms with Crippen LogP contribution in [0.2, 0.25) is 0 Å². The van der Waals surface area contributed by atoms with E-state index < -0.39 is 15.6 Å². The molecule has 4 rings (SSSR count). The van der Waals surface area contributed by atoms with Crippen molar-refractivity contribution in [1.82, 2.24) is 4.31 Å². The first kappa shape index (κ1) is 20.3. The van der Waals surface area contributed by atoms with Crippen molar-refractivity contribution in [3.8, 4) is 0 Å². The highest BCUT2D eigenvalue weighted by Gasteiger charge is 2.68. The molecule has 1 aromatic rings. The van der Waals surface area contributed by atoms with Crippen LogP contribution in [-0.4, -0.2) is 41.6 Å². The molecule has 1 spiro atoms. The Morgan fingerprint density at radius 3 is 2.43 bits per heavy atom. The van der Waals surface area contributed by atoms with Crippen LogP contribution in [0.4, 0.5) is 0 Å². The number of rotatable bonds is 3. The maximum Gasteiger partial charge on any atom is 0.243 e. The van der Waals surface area contributed by atoms with Crippen LogP contribution in [0.15, 0.2) is 29.2 Å². The summed E-state index contributed by atoms with van der Waals surface area (Å²) in [5, 5.41) is 10.8. The first-order chi connectivity index (χ1) is 13.0. The molecule has 0 amide bonds. The van der Waals surface area contributed by atoms with Gasteiger partial charge >= 0.3 is 0 Å². The van der Waals surface area contributed by atoms with Gasteiger partial charge in [0.1, 0.15) is 0 Å². The van der Waals surface area contributed by atoms with Gasteiger partial charge in [0, 0.05) is 12.6 Å².